The van der Waals surface area contributed by atoms with Gasteiger partial charge in [0.15, 0.2) is 0 Å². The van der Waals surface area contributed by atoms with Crippen molar-refractivity contribution in [3.63, 3.8) is 0 Å². The molecule has 0 radical (unpaired) electrons. The minimum Gasteiger partial charge on any atom is -0.481 e. The number of aliphatic carboxylic acids is 1. The number of benzene rings is 1. The number of carboxylic acid groups (broad SMARTS) is 1. The highest BCUT2D eigenvalue weighted by molar-refractivity contribution is 5.70. The summed E-state index contributed by atoms with van der Waals surface area (Å²) in [7, 11) is 0. The van der Waals surface area contributed by atoms with Crippen molar-refractivity contribution in [1.29, 1.82) is 0 Å². The third-order valence-electron chi connectivity index (χ3n) is 3.08. The van der Waals surface area contributed by atoms with Crippen LogP contribution in [-0.2, 0) is 16.9 Å². The number of hydrogen-bond donors (Lipinski definition) is 1. The van der Waals surface area contributed by atoms with Gasteiger partial charge < -0.3 is 5.11 Å². The van der Waals surface area contributed by atoms with E-state index < -0.39 is 12.6 Å². The average Bonchev–Trinajstić information content (AvgIpc) is 2.98. The topological polar surface area (TPSA) is 37.3 Å². The third kappa shape index (κ3) is 1.87. The Labute approximate surface area is 87.7 Å². The summed E-state index contributed by atoms with van der Waals surface area (Å²) in [5.74, 6) is -0.804. The van der Waals surface area contributed by atoms with Crippen LogP contribution in [0.25, 0.3) is 0 Å². The molecule has 0 aromatic heterocycles. The van der Waals surface area contributed by atoms with E-state index in [0.29, 0.717) is 5.56 Å². The molecule has 1 fully saturated rings. The van der Waals surface area contributed by atoms with Gasteiger partial charge in [-0.1, -0.05) is 24.3 Å². The average molecular weight is 208 g/mol. The normalized spacial score (nSPS) is 17.4. The lowest BCUT2D eigenvalue weighted by atomic mass is 9.89. The lowest BCUT2D eigenvalue weighted by Crippen LogP contribution is -2.14. The first-order chi connectivity index (χ1) is 7.18. The highest BCUT2D eigenvalue weighted by atomic mass is 19.1. The lowest BCUT2D eigenvalue weighted by Gasteiger charge is -2.16. The molecule has 1 aliphatic rings. The first kappa shape index (κ1) is 10.1. The van der Waals surface area contributed by atoms with Gasteiger partial charge in [-0.2, -0.15) is 0 Å². The Morgan fingerprint density at radius 2 is 2.07 bits per heavy atom. The van der Waals surface area contributed by atoms with E-state index in [1.54, 1.807) is 12.1 Å². The minimum atomic E-state index is -0.804. The van der Waals surface area contributed by atoms with Gasteiger partial charge in [-0.25, -0.2) is 4.39 Å². The van der Waals surface area contributed by atoms with E-state index in [2.05, 4.69) is 0 Å². The SMILES string of the molecule is O=C(O)CC1(c2ccccc2CF)CC1. The van der Waals surface area contributed by atoms with Crippen LogP contribution in [0.5, 0.6) is 0 Å². The number of halogens is 1. The molecule has 0 amide bonds. The zero-order chi connectivity index (χ0) is 10.9. The molecule has 0 heterocycles. The van der Waals surface area contributed by atoms with Crippen LogP contribution in [0.1, 0.15) is 30.4 Å². The number of alkyl halides is 1. The molecule has 1 aromatic carbocycles. The Kier molecular flexibility index (Phi) is 2.47. The van der Waals surface area contributed by atoms with Crippen molar-refractivity contribution in [3.8, 4) is 0 Å². The van der Waals surface area contributed by atoms with E-state index in [1.807, 2.05) is 12.1 Å². The molecule has 15 heavy (non-hydrogen) atoms. The molecule has 2 nitrogen and oxygen atoms in total. The van der Waals surface area contributed by atoms with Gasteiger partial charge in [-0.3, -0.25) is 4.79 Å². The van der Waals surface area contributed by atoms with Crippen LogP contribution in [0.4, 0.5) is 4.39 Å². The van der Waals surface area contributed by atoms with Gasteiger partial charge in [0.25, 0.3) is 0 Å². The largest absolute Gasteiger partial charge is 0.481 e. The molecular weight excluding hydrogens is 195 g/mol. The fourth-order valence-corrected chi connectivity index (χ4v) is 2.14. The van der Waals surface area contributed by atoms with Gasteiger partial charge >= 0.3 is 5.97 Å². The van der Waals surface area contributed by atoms with Gasteiger partial charge in [-0.05, 0) is 24.0 Å². The second kappa shape index (κ2) is 3.65. The lowest BCUT2D eigenvalue weighted by molar-refractivity contribution is -0.137. The quantitative estimate of drug-likeness (QED) is 0.825. The molecule has 0 atom stereocenters. The van der Waals surface area contributed by atoms with Gasteiger partial charge in [0, 0.05) is 5.41 Å². The fraction of sp³-hybridized carbons (Fsp3) is 0.417. The highest BCUT2D eigenvalue weighted by Crippen LogP contribution is 2.52. The molecule has 0 bridgehead atoms. The number of carbonyl (C=O) groups is 1. The molecular formula is C12H13FO2. The van der Waals surface area contributed by atoms with Crippen molar-refractivity contribution in [2.75, 3.05) is 0 Å². The summed E-state index contributed by atoms with van der Waals surface area (Å²) in [4.78, 5) is 10.7. The number of carboxylic acids is 1. The summed E-state index contributed by atoms with van der Waals surface area (Å²) in [5.41, 5.74) is 1.24. The number of rotatable bonds is 4. The predicted molar refractivity (Wildman–Crippen MR) is 54.4 cm³/mol. The molecule has 3 heteroatoms. The molecule has 2 rings (SSSR count). The van der Waals surface area contributed by atoms with E-state index in [1.165, 1.54) is 0 Å². The molecule has 1 aliphatic carbocycles. The molecule has 1 saturated carbocycles. The summed E-state index contributed by atoms with van der Waals surface area (Å²) in [6.45, 7) is -0.516. The van der Waals surface area contributed by atoms with Gasteiger partial charge in [0.05, 0.1) is 6.42 Å². The van der Waals surface area contributed by atoms with Crippen LogP contribution in [0, 0.1) is 0 Å². The van der Waals surface area contributed by atoms with Crippen LogP contribution in [0.3, 0.4) is 0 Å². The second-order valence-corrected chi connectivity index (χ2v) is 4.14. The van der Waals surface area contributed by atoms with E-state index >= 15 is 0 Å². The maximum absolute atomic E-state index is 12.7. The minimum absolute atomic E-state index is 0.115. The molecule has 1 aromatic rings. The van der Waals surface area contributed by atoms with E-state index in [-0.39, 0.29) is 11.8 Å². The van der Waals surface area contributed by atoms with E-state index in [0.717, 1.165) is 18.4 Å². The van der Waals surface area contributed by atoms with Gasteiger partial charge in [0.1, 0.15) is 6.67 Å². The Morgan fingerprint density at radius 3 is 2.60 bits per heavy atom. The molecule has 0 spiro atoms. The molecule has 0 unspecified atom stereocenters. The fourth-order valence-electron chi connectivity index (χ4n) is 2.14. The molecule has 1 N–H and O–H groups in total. The zero-order valence-corrected chi connectivity index (χ0v) is 8.37. The molecule has 80 valence electrons. The van der Waals surface area contributed by atoms with Gasteiger partial charge in [-0.15, -0.1) is 0 Å². The van der Waals surface area contributed by atoms with Crippen molar-refractivity contribution in [2.24, 2.45) is 0 Å². The maximum Gasteiger partial charge on any atom is 0.304 e. The first-order valence-electron chi connectivity index (χ1n) is 5.04. The Bertz CT molecular complexity index is 383. The van der Waals surface area contributed by atoms with Crippen molar-refractivity contribution >= 4 is 5.97 Å². The number of hydrogen-bond acceptors (Lipinski definition) is 1. The highest BCUT2D eigenvalue weighted by Gasteiger charge is 2.46. The maximum atomic E-state index is 12.7. The smallest absolute Gasteiger partial charge is 0.304 e. The Morgan fingerprint density at radius 1 is 1.40 bits per heavy atom. The Hall–Kier alpha value is -1.38. The van der Waals surface area contributed by atoms with Crippen LogP contribution in [0.2, 0.25) is 0 Å². The zero-order valence-electron chi connectivity index (χ0n) is 8.37. The van der Waals surface area contributed by atoms with E-state index in [4.69, 9.17) is 5.11 Å². The summed E-state index contributed by atoms with van der Waals surface area (Å²) in [6.07, 6.45) is 1.83. The second-order valence-electron chi connectivity index (χ2n) is 4.14. The first-order valence-corrected chi connectivity index (χ1v) is 5.04. The van der Waals surface area contributed by atoms with Crippen molar-refractivity contribution < 1.29 is 14.3 Å². The van der Waals surface area contributed by atoms with Gasteiger partial charge in [0.2, 0.25) is 0 Å². The van der Waals surface area contributed by atoms with Crippen LogP contribution in [0.15, 0.2) is 24.3 Å². The summed E-state index contributed by atoms with van der Waals surface area (Å²) >= 11 is 0. The van der Waals surface area contributed by atoms with Crippen LogP contribution < -0.4 is 0 Å². The standard InChI is InChI=1S/C12H13FO2/c13-8-9-3-1-2-4-10(9)12(5-6-12)7-11(14)15/h1-4H,5-8H2,(H,14,15). The van der Waals surface area contributed by atoms with Crippen molar-refractivity contribution in [3.05, 3.63) is 35.4 Å². The van der Waals surface area contributed by atoms with Crippen molar-refractivity contribution in [1.82, 2.24) is 0 Å². The summed E-state index contributed by atoms with van der Waals surface area (Å²) < 4.78 is 12.7. The molecule has 0 saturated heterocycles. The monoisotopic (exact) mass is 208 g/mol. The third-order valence-corrected chi connectivity index (χ3v) is 3.08. The van der Waals surface area contributed by atoms with Crippen LogP contribution in [-0.4, -0.2) is 11.1 Å². The van der Waals surface area contributed by atoms with E-state index in [9.17, 15) is 9.18 Å². The summed E-state index contributed by atoms with van der Waals surface area (Å²) in [6, 6.07) is 7.22. The Balaban J connectivity index is 2.32. The van der Waals surface area contributed by atoms with Crippen molar-refractivity contribution in [2.45, 2.75) is 31.4 Å². The molecule has 0 aliphatic heterocycles. The summed E-state index contributed by atoms with van der Waals surface area (Å²) in [5, 5.41) is 8.82. The van der Waals surface area contributed by atoms with Crippen LogP contribution >= 0.6 is 0 Å². The predicted octanol–water partition coefficient (Wildman–Crippen LogP) is 2.66.